The van der Waals surface area contributed by atoms with Crippen molar-refractivity contribution in [3.05, 3.63) is 99.2 Å². The smallest absolute Gasteiger partial charge is 0.508 e. The van der Waals surface area contributed by atoms with E-state index in [1.54, 1.807) is 48.3 Å². The molecule has 0 fully saturated rings. The molecule has 252 valence electrons. The number of hydrogen-bond acceptors (Lipinski definition) is 8. The van der Waals surface area contributed by atoms with E-state index in [1.165, 1.54) is 0 Å². The Balaban J connectivity index is 0.000000151. The molecule has 0 bridgehead atoms. The van der Waals surface area contributed by atoms with E-state index >= 15 is 0 Å². The minimum absolute atomic E-state index is 0. The fourth-order valence-electron chi connectivity index (χ4n) is 5.87. The van der Waals surface area contributed by atoms with Crippen LogP contribution in [0, 0.1) is 24.7 Å². The molecule has 10 rings (SSSR count). The second-order valence-electron chi connectivity index (χ2n) is 11.5. The van der Waals surface area contributed by atoms with Crippen molar-refractivity contribution >= 4 is 43.9 Å². The minimum Gasteiger partial charge on any atom is -0.508 e. The number of benzene rings is 2. The molecule has 0 radical (unpaired) electrons. The number of aromatic nitrogens is 8. The van der Waals surface area contributed by atoms with Crippen LogP contribution >= 0.6 is 0 Å². The molecule has 8 aromatic heterocycles. The van der Waals surface area contributed by atoms with Crippen LogP contribution in [0.25, 0.3) is 89.2 Å². The number of aryl methyl sites for hydroxylation is 4. The van der Waals surface area contributed by atoms with Crippen LogP contribution in [-0.2, 0) is 70.3 Å². The third kappa shape index (κ3) is 5.49. The van der Waals surface area contributed by atoms with Gasteiger partial charge in [-0.05, 0) is 37.4 Å². The average Bonchev–Trinajstić information content (AvgIpc) is 3.91. The molecule has 0 atom stereocenters. The van der Waals surface area contributed by atoms with Gasteiger partial charge in [0, 0.05) is 51.5 Å². The van der Waals surface area contributed by atoms with E-state index in [4.69, 9.17) is 17.7 Å². The van der Waals surface area contributed by atoms with Crippen molar-refractivity contribution in [2.24, 2.45) is 28.2 Å². The van der Waals surface area contributed by atoms with Crippen molar-refractivity contribution in [3.63, 3.8) is 0 Å². The summed E-state index contributed by atoms with van der Waals surface area (Å²) in [5.41, 5.74) is 8.08. The minimum atomic E-state index is 0. The quantitative estimate of drug-likeness (QED) is 0.171. The summed E-state index contributed by atoms with van der Waals surface area (Å²) in [6.45, 7) is 0. The zero-order valence-electron chi connectivity index (χ0n) is 26.8. The van der Waals surface area contributed by atoms with Crippen LogP contribution in [0.3, 0.4) is 0 Å². The largest absolute Gasteiger partial charge is 2.00 e. The maximum absolute atomic E-state index is 5.68. The van der Waals surface area contributed by atoms with Crippen molar-refractivity contribution in [1.82, 2.24) is 38.2 Å². The molecule has 0 aliphatic rings. The van der Waals surface area contributed by atoms with E-state index in [1.807, 2.05) is 72.6 Å². The van der Waals surface area contributed by atoms with Gasteiger partial charge in [-0.25, -0.2) is 9.97 Å². The van der Waals surface area contributed by atoms with Gasteiger partial charge in [0.1, 0.15) is 5.82 Å². The van der Waals surface area contributed by atoms with E-state index in [-0.39, 0.29) is 42.1 Å². The van der Waals surface area contributed by atoms with Crippen molar-refractivity contribution in [1.29, 1.82) is 0 Å². The number of rotatable bonds is 4. The van der Waals surface area contributed by atoms with E-state index in [0.717, 1.165) is 72.4 Å². The Labute approximate surface area is 312 Å². The molecule has 0 saturated carbocycles. The Morgan fingerprint density at radius 3 is 1.64 bits per heavy atom. The molecule has 0 N–H and O–H groups in total. The van der Waals surface area contributed by atoms with Crippen LogP contribution in [-0.4, -0.2) is 38.2 Å². The standard InChI is InChI=1S/2C18H12N4O2.2Pt/c2*1-21-7-15(20-10-21)13-8-23-16-6-17-12(5-11(13)16)14(9-24-17)18-19-3-4-22(18)2;;/h4,6-10H,1-2H3;3-4,6-9H,1-2H3;;/q2*-2;2*+2. The van der Waals surface area contributed by atoms with Crippen molar-refractivity contribution in [2.45, 2.75) is 0 Å². The summed E-state index contributed by atoms with van der Waals surface area (Å²) in [7, 11) is 7.70. The Bertz CT molecular complexity index is 2580. The van der Waals surface area contributed by atoms with Gasteiger partial charge in [-0.15, -0.1) is 24.5 Å². The molecule has 10 aromatic rings. The summed E-state index contributed by atoms with van der Waals surface area (Å²) in [6, 6.07) is 10.6. The fraction of sp³-hybridized carbons (Fsp3) is 0.111. The van der Waals surface area contributed by atoms with Crippen molar-refractivity contribution < 1.29 is 59.8 Å². The summed E-state index contributed by atoms with van der Waals surface area (Å²) in [4.78, 5) is 17.4. The van der Waals surface area contributed by atoms with Crippen LogP contribution in [0.15, 0.2) is 92.2 Å². The first-order chi connectivity index (χ1) is 23.4. The SMILES string of the molecule is Cn1[c-]nc(-c2coc3cc4occ(-c5nccn5C)c4[c-]c23)c1.Cn1cnc(-c2coc3cc4occ(-c5n[c-]cn5C)c4[c-]c23)c1.[Pt+2].[Pt+2]. The summed E-state index contributed by atoms with van der Waals surface area (Å²) in [5.74, 6) is 1.62. The molecular weight excluding hydrogens is 999 g/mol. The maximum Gasteiger partial charge on any atom is 2.00 e. The van der Waals surface area contributed by atoms with Crippen LogP contribution in [0.5, 0.6) is 0 Å². The predicted octanol–water partition coefficient (Wildman–Crippen LogP) is 7.16. The van der Waals surface area contributed by atoms with E-state index in [2.05, 4.69) is 44.6 Å². The number of furan rings is 4. The van der Waals surface area contributed by atoms with Gasteiger partial charge in [0.05, 0.1) is 46.9 Å². The van der Waals surface area contributed by atoms with Crippen molar-refractivity contribution in [3.8, 4) is 45.3 Å². The van der Waals surface area contributed by atoms with E-state index in [9.17, 15) is 0 Å². The zero-order valence-corrected chi connectivity index (χ0v) is 31.3. The van der Waals surface area contributed by atoms with Gasteiger partial charge in [-0.1, -0.05) is 50.4 Å². The summed E-state index contributed by atoms with van der Waals surface area (Å²) >= 11 is 0. The molecule has 14 heteroatoms. The molecule has 2 aromatic carbocycles. The van der Waals surface area contributed by atoms with Gasteiger partial charge in [-0.2, -0.15) is 0 Å². The Morgan fingerprint density at radius 1 is 0.600 bits per heavy atom. The molecule has 0 saturated heterocycles. The van der Waals surface area contributed by atoms with Gasteiger partial charge in [-0.3, -0.25) is 0 Å². The zero-order chi connectivity index (χ0) is 32.5. The first kappa shape index (κ1) is 33.3. The fourth-order valence-corrected chi connectivity index (χ4v) is 5.87. The maximum atomic E-state index is 5.68. The van der Waals surface area contributed by atoms with Gasteiger partial charge < -0.3 is 45.9 Å². The Kier molecular flexibility index (Phi) is 8.62. The summed E-state index contributed by atoms with van der Waals surface area (Å²) in [6.07, 6.45) is 23.6. The molecular formula is C36H24N8O4Pt2. The van der Waals surface area contributed by atoms with Crippen LogP contribution in [0.2, 0.25) is 0 Å². The molecule has 12 nitrogen and oxygen atoms in total. The van der Waals surface area contributed by atoms with Gasteiger partial charge in [0.2, 0.25) is 0 Å². The molecule has 0 amide bonds. The molecule has 8 heterocycles. The normalized spacial score (nSPS) is 11.3. The number of imidazole rings is 4. The van der Waals surface area contributed by atoms with Gasteiger partial charge in [0.25, 0.3) is 0 Å². The first-order valence-electron chi connectivity index (χ1n) is 14.9. The molecule has 0 aliphatic carbocycles. The van der Waals surface area contributed by atoms with Crippen LogP contribution in [0.4, 0.5) is 0 Å². The molecule has 0 unspecified atom stereocenters. The van der Waals surface area contributed by atoms with E-state index in [0.29, 0.717) is 16.7 Å². The second kappa shape index (κ2) is 12.9. The number of fused-ring (bicyclic) bond motifs is 4. The first-order valence-corrected chi connectivity index (χ1v) is 14.9. The topological polar surface area (TPSA) is 124 Å². The molecule has 0 spiro atoms. The third-order valence-corrected chi connectivity index (χ3v) is 8.26. The van der Waals surface area contributed by atoms with Crippen molar-refractivity contribution in [2.75, 3.05) is 0 Å². The van der Waals surface area contributed by atoms with Crippen LogP contribution in [0.1, 0.15) is 0 Å². The third-order valence-electron chi connectivity index (χ3n) is 8.26. The Morgan fingerprint density at radius 2 is 1.16 bits per heavy atom. The average molecular weight is 1020 g/mol. The summed E-state index contributed by atoms with van der Waals surface area (Å²) < 4.78 is 30.2. The monoisotopic (exact) mass is 1020 g/mol. The molecule has 0 aliphatic heterocycles. The second-order valence-corrected chi connectivity index (χ2v) is 11.5. The Hall–Kier alpha value is -5.18. The summed E-state index contributed by atoms with van der Waals surface area (Å²) in [5, 5.41) is 3.48. The predicted molar refractivity (Wildman–Crippen MR) is 176 cm³/mol. The number of nitrogens with zero attached hydrogens (tertiary/aromatic N) is 8. The molecule has 50 heavy (non-hydrogen) atoms. The van der Waals surface area contributed by atoms with Gasteiger partial charge >= 0.3 is 42.1 Å². The van der Waals surface area contributed by atoms with Crippen LogP contribution < -0.4 is 0 Å². The van der Waals surface area contributed by atoms with E-state index < -0.39 is 0 Å². The van der Waals surface area contributed by atoms with Gasteiger partial charge in [0.15, 0.2) is 0 Å². The number of hydrogen-bond donors (Lipinski definition) is 0.